The molecular weight excluding hydrogens is 254 g/mol. The van der Waals surface area contributed by atoms with E-state index < -0.39 is 0 Å². The predicted molar refractivity (Wildman–Crippen MR) is 82.1 cm³/mol. The smallest absolute Gasteiger partial charge is 0.176 e. The van der Waals surface area contributed by atoms with Crippen LogP contribution >= 0.6 is 11.8 Å². The third-order valence-electron chi connectivity index (χ3n) is 4.01. The zero-order chi connectivity index (χ0) is 13.7. The molecule has 104 valence electrons. The lowest BCUT2D eigenvalue weighted by Gasteiger charge is -2.26. The van der Waals surface area contributed by atoms with E-state index in [9.17, 15) is 4.79 Å². The number of carbonyl (C=O) groups is 1. The summed E-state index contributed by atoms with van der Waals surface area (Å²) in [6, 6.07) is 8.60. The van der Waals surface area contributed by atoms with Gasteiger partial charge in [-0.1, -0.05) is 31.9 Å². The first-order valence-electron chi connectivity index (χ1n) is 7.16. The number of rotatable bonds is 6. The van der Waals surface area contributed by atoms with Crippen molar-refractivity contribution in [1.29, 1.82) is 0 Å². The first-order valence-corrected chi connectivity index (χ1v) is 8.38. The zero-order valence-corrected chi connectivity index (χ0v) is 12.7. The fraction of sp³-hybridized carbons (Fsp3) is 0.562. The molecule has 1 fully saturated rings. The molecule has 3 heteroatoms. The molecule has 19 heavy (non-hydrogen) atoms. The van der Waals surface area contributed by atoms with Crippen molar-refractivity contribution >= 4 is 17.5 Å². The minimum absolute atomic E-state index is 0.251. The highest BCUT2D eigenvalue weighted by molar-refractivity contribution is 7.98. The van der Waals surface area contributed by atoms with Gasteiger partial charge in [0.15, 0.2) is 5.78 Å². The molecule has 2 nitrogen and oxygen atoms in total. The van der Waals surface area contributed by atoms with E-state index >= 15 is 0 Å². The van der Waals surface area contributed by atoms with Gasteiger partial charge in [0.05, 0.1) is 6.54 Å². The molecule has 0 aromatic heterocycles. The van der Waals surface area contributed by atoms with Gasteiger partial charge in [-0.25, -0.2) is 0 Å². The summed E-state index contributed by atoms with van der Waals surface area (Å²) in [6.07, 6.45) is 7.20. The second-order valence-corrected chi connectivity index (χ2v) is 6.03. The normalized spacial score (nSPS) is 16.2. The molecule has 1 aliphatic carbocycles. The SMILES string of the molecule is CCN(CC(=O)c1ccc(SC)cc1)C1CCCC1. The van der Waals surface area contributed by atoms with Gasteiger partial charge in [0.1, 0.15) is 0 Å². The number of likely N-dealkylation sites (N-methyl/N-ethyl adjacent to an activating group) is 1. The highest BCUT2D eigenvalue weighted by Crippen LogP contribution is 2.23. The lowest BCUT2D eigenvalue weighted by atomic mass is 10.1. The maximum atomic E-state index is 12.3. The Morgan fingerprint density at radius 3 is 2.42 bits per heavy atom. The van der Waals surface area contributed by atoms with Crippen LogP contribution in [0.2, 0.25) is 0 Å². The van der Waals surface area contributed by atoms with Gasteiger partial charge >= 0.3 is 0 Å². The van der Waals surface area contributed by atoms with Crippen molar-refractivity contribution in [3.8, 4) is 0 Å². The monoisotopic (exact) mass is 277 g/mol. The number of nitrogens with zero attached hydrogens (tertiary/aromatic N) is 1. The van der Waals surface area contributed by atoms with Crippen LogP contribution in [0.4, 0.5) is 0 Å². The van der Waals surface area contributed by atoms with Crippen molar-refractivity contribution in [3.05, 3.63) is 29.8 Å². The van der Waals surface area contributed by atoms with Crippen LogP contribution in [0.1, 0.15) is 43.0 Å². The number of carbonyl (C=O) groups excluding carboxylic acids is 1. The van der Waals surface area contributed by atoms with Crippen LogP contribution in [0.3, 0.4) is 0 Å². The number of ketones is 1. The molecular formula is C16H23NOS. The fourth-order valence-corrected chi connectivity index (χ4v) is 3.23. The van der Waals surface area contributed by atoms with Gasteiger partial charge in [0, 0.05) is 16.5 Å². The van der Waals surface area contributed by atoms with Crippen molar-refractivity contribution in [3.63, 3.8) is 0 Å². The Morgan fingerprint density at radius 2 is 1.89 bits per heavy atom. The molecule has 1 aliphatic rings. The predicted octanol–water partition coefficient (Wildman–Crippen LogP) is 3.86. The molecule has 1 aromatic carbocycles. The molecule has 1 saturated carbocycles. The van der Waals surface area contributed by atoms with Gasteiger partial charge in [0.2, 0.25) is 0 Å². The lowest BCUT2D eigenvalue weighted by Crippen LogP contribution is -2.37. The Morgan fingerprint density at radius 1 is 1.26 bits per heavy atom. The lowest BCUT2D eigenvalue weighted by molar-refractivity contribution is 0.0899. The Hall–Kier alpha value is -0.800. The molecule has 0 radical (unpaired) electrons. The third-order valence-corrected chi connectivity index (χ3v) is 4.75. The maximum absolute atomic E-state index is 12.3. The summed E-state index contributed by atoms with van der Waals surface area (Å²) >= 11 is 1.71. The Balaban J connectivity index is 1.97. The van der Waals surface area contributed by atoms with E-state index in [4.69, 9.17) is 0 Å². The summed E-state index contributed by atoms with van der Waals surface area (Å²) in [6.45, 7) is 3.70. The van der Waals surface area contributed by atoms with Gasteiger partial charge in [-0.15, -0.1) is 11.8 Å². The number of Topliss-reactive ketones (excluding diaryl/α,β-unsaturated/α-hetero) is 1. The summed E-state index contributed by atoms with van der Waals surface area (Å²) in [7, 11) is 0. The maximum Gasteiger partial charge on any atom is 0.176 e. The minimum Gasteiger partial charge on any atom is -0.293 e. The van der Waals surface area contributed by atoms with E-state index in [1.54, 1.807) is 11.8 Å². The van der Waals surface area contributed by atoms with E-state index in [1.165, 1.54) is 30.6 Å². The van der Waals surface area contributed by atoms with Crippen molar-refractivity contribution in [2.75, 3.05) is 19.3 Å². The van der Waals surface area contributed by atoms with Crippen LogP contribution in [0, 0.1) is 0 Å². The van der Waals surface area contributed by atoms with E-state index in [2.05, 4.69) is 18.1 Å². The first-order chi connectivity index (χ1) is 9.24. The van der Waals surface area contributed by atoms with Crippen molar-refractivity contribution < 1.29 is 4.79 Å². The number of hydrogen-bond acceptors (Lipinski definition) is 3. The molecule has 0 heterocycles. The van der Waals surface area contributed by atoms with Crippen LogP contribution in [0.15, 0.2) is 29.2 Å². The number of benzene rings is 1. The zero-order valence-electron chi connectivity index (χ0n) is 11.9. The second-order valence-electron chi connectivity index (χ2n) is 5.15. The van der Waals surface area contributed by atoms with Crippen LogP contribution in [-0.4, -0.2) is 36.1 Å². The molecule has 1 aromatic rings. The quantitative estimate of drug-likeness (QED) is 0.582. The van der Waals surface area contributed by atoms with Crippen LogP contribution in [0.5, 0.6) is 0 Å². The molecule has 0 amide bonds. The molecule has 0 spiro atoms. The van der Waals surface area contributed by atoms with Crippen LogP contribution in [0.25, 0.3) is 0 Å². The highest BCUT2D eigenvalue weighted by Gasteiger charge is 2.23. The minimum atomic E-state index is 0.251. The van der Waals surface area contributed by atoms with Gasteiger partial charge < -0.3 is 0 Å². The molecule has 0 atom stereocenters. The Kier molecular flexibility index (Phi) is 5.46. The third kappa shape index (κ3) is 3.83. The van der Waals surface area contributed by atoms with Crippen molar-refractivity contribution in [1.82, 2.24) is 4.90 Å². The van der Waals surface area contributed by atoms with E-state index in [0.29, 0.717) is 12.6 Å². The van der Waals surface area contributed by atoms with Crippen molar-refractivity contribution in [2.45, 2.75) is 43.5 Å². The van der Waals surface area contributed by atoms with Gasteiger partial charge in [-0.05, 0) is 37.8 Å². The summed E-state index contributed by atoms with van der Waals surface area (Å²) < 4.78 is 0. The number of hydrogen-bond donors (Lipinski definition) is 0. The Labute approximate surface area is 120 Å². The molecule has 0 bridgehead atoms. The van der Waals surface area contributed by atoms with Crippen LogP contribution < -0.4 is 0 Å². The first kappa shape index (κ1) is 14.6. The van der Waals surface area contributed by atoms with E-state index in [0.717, 1.165) is 12.1 Å². The summed E-state index contributed by atoms with van der Waals surface area (Å²) in [5.41, 5.74) is 0.842. The topological polar surface area (TPSA) is 20.3 Å². The Bertz CT molecular complexity index is 409. The van der Waals surface area contributed by atoms with Gasteiger partial charge in [-0.3, -0.25) is 9.69 Å². The summed E-state index contributed by atoms with van der Waals surface area (Å²) in [5.74, 6) is 0.251. The average Bonchev–Trinajstić information content (AvgIpc) is 2.98. The molecule has 0 unspecified atom stereocenters. The molecule has 0 N–H and O–H groups in total. The molecule has 2 rings (SSSR count). The fourth-order valence-electron chi connectivity index (χ4n) is 2.82. The average molecular weight is 277 g/mol. The summed E-state index contributed by atoms with van der Waals surface area (Å²) in [4.78, 5) is 15.9. The molecule has 0 aliphatic heterocycles. The van der Waals surface area contributed by atoms with Gasteiger partial charge in [-0.2, -0.15) is 0 Å². The molecule has 0 saturated heterocycles. The standard InChI is InChI=1S/C16H23NOS/c1-3-17(14-6-4-5-7-14)12-16(18)13-8-10-15(19-2)11-9-13/h8-11,14H,3-7,12H2,1-2H3. The van der Waals surface area contributed by atoms with Crippen LogP contribution in [-0.2, 0) is 0 Å². The van der Waals surface area contributed by atoms with Gasteiger partial charge in [0.25, 0.3) is 0 Å². The number of thioether (sulfide) groups is 1. The van der Waals surface area contributed by atoms with E-state index in [1.807, 2.05) is 24.3 Å². The van der Waals surface area contributed by atoms with E-state index in [-0.39, 0.29) is 5.78 Å². The van der Waals surface area contributed by atoms with Crippen molar-refractivity contribution in [2.24, 2.45) is 0 Å². The summed E-state index contributed by atoms with van der Waals surface area (Å²) in [5, 5.41) is 0. The highest BCUT2D eigenvalue weighted by atomic mass is 32.2. The second kappa shape index (κ2) is 7.11. The largest absolute Gasteiger partial charge is 0.293 e.